The van der Waals surface area contributed by atoms with Crippen LogP contribution < -0.4 is 5.32 Å². The van der Waals surface area contributed by atoms with Crippen molar-refractivity contribution in [3.8, 4) is 0 Å². The second kappa shape index (κ2) is 10.5. The lowest BCUT2D eigenvalue weighted by Gasteiger charge is -2.43. The molecule has 2 saturated heterocycles. The maximum Gasteiger partial charge on any atom is 0.229 e. The topological polar surface area (TPSA) is 92.5 Å². The van der Waals surface area contributed by atoms with Crippen molar-refractivity contribution in [3.63, 3.8) is 0 Å². The minimum absolute atomic E-state index is 0.0114. The summed E-state index contributed by atoms with van der Waals surface area (Å²) >= 11 is 6.76. The summed E-state index contributed by atoms with van der Waals surface area (Å²) in [4.78, 5) is 19.9. The molecule has 4 atom stereocenters. The summed E-state index contributed by atoms with van der Waals surface area (Å²) in [6.45, 7) is 10.1. The maximum atomic E-state index is 13.1. The number of fused-ring (bicyclic) bond motifs is 1. The Kier molecular flexibility index (Phi) is 7.16. The number of anilines is 1. The smallest absolute Gasteiger partial charge is 0.229 e. The van der Waals surface area contributed by atoms with E-state index in [2.05, 4.69) is 47.1 Å². The SMILES string of the molecule is CC(C)Cn1nccc1[C@@H]1C[C@H]1C(=O)Nc1cc2cc(C3CCN([C@]4(C)COC[C@@H]4O)CC3)c(Cl)cc2cn1. The number of amides is 1. The highest BCUT2D eigenvalue weighted by Gasteiger charge is 2.46. The second-order valence-electron chi connectivity index (χ2n) is 12.2. The average Bonchev–Trinajstić information content (AvgIpc) is 3.46. The first-order chi connectivity index (χ1) is 18.7. The summed E-state index contributed by atoms with van der Waals surface area (Å²) in [5.41, 5.74) is 1.97. The molecule has 0 bridgehead atoms. The van der Waals surface area contributed by atoms with E-state index >= 15 is 0 Å². The molecule has 2 N–H and O–H groups in total. The van der Waals surface area contributed by atoms with Crippen LogP contribution >= 0.6 is 11.6 Å². The number of aromatic nitrogens is 3. The van der Waals surface area contributed by atoms with E-state index < -0.39 is 6.10 Å². The Hall–Kier alpha value is -2.52. The van der Waals surface area contributed by atoms with Crippen LogP contribution in [0, 0.1) is 11.8 Å². The van der Waals surface area contributed by atoms with Gasteiger partial charge in [0, 0.05) is 46.9 Å². The number of carbonyl (C=O) groups excluding carboxylic acids is 1. The van der Waals surface area contributed by atoms with Gasteiger partial charge in [-0.2, -0.15) is 5.10 Å². The van der Waals surface area contributed by atoms with Gasteiger partial charge in [-0.25, -0.2) is 4.98 Å². The molecular formula is C30H38ClN5O3. The van der Waals surface area contributed by atoms with E-state index in [-0.39, 0.29) is 23.3 Å². The number of nitrogens with zero attached hydrogens (tertiary/aromatic N) is 4. The Labute approximate surface area is 234 Å². The first-order valence-corrected chi connectivity index (χ1v) is 14.5. The molecule has 3 fully saturated rings. The second-order valence-corrected chi connectivity index (χ2v) is 12.6. The van der Waals surface area contributed by atoms with Crippen molar-refractivity contribution in [3.05, 3.63) is 52.9 Å². The van der Waals surface area contributed by atoms with Crippen LogP contribution in [0.5, 0.6) is 0 Å². The van der Waals surface area contributed by atoms with Gasteiger partial charge >= 0.3 is 0 Å². The van der Waals surface area contributed by atoms with Crippen molar-refractivity contribution in [2.24, 2.45) is 11.8 Å². The number of benzene rings is 1. The van der Waals surface area contributed by atoms with E-state index in [1.807, 2.05) is 29.1 Å². The summed E-state index contributed by atoms with van der Waals surface area (Å²) in [5.74, 6) is 1.58. The summed E-state index contributed by atoms with van der Waals surface area (Å²) in [6.07, 6.45) is 5.94. The summed E-state index contributed by atoms with van der Waals surface area (Å²) in [5, 5.41) is 20.7. The molecule has 1 saturated carbocycles. The fourth-order valence-electron chi connectivity index (χ4n) is 6.41. The van der Waals surface area contributed by atoms with Gasteiger partial charge in [0.15, 0.2) is 0 Å². The van der Waals surface area contributed by atoms with Crippen molar-refractivity contribution in [1.82, 2.24) is 19.7 Å². The zero-order valence-electron chi connectivity index (χ0n) is 22.9. The van der Waals surface area contributed by atoms with Gasteiger partial charge in [0.1, 0.15) is 5.82 Å². The number of hydrogen-bond acceptors (Lipinski definition) is 6. The van der Waals surface area contributed by atoms with E-state index in [0.717, 1.165) is 65.9 Å². The summed E-state index contributed by atoms with van der Waals surface area (Å²) in [6, 6.07) is 8.14. The Morgan fingerprint density at radius 2 is 2.05 bits per heavy atom. The van der Waals surface area contributed by atoms with E-state index in [9.17, 15) is 9.90 Å². The van der Waals surface area contributed by atoms with Gasteiger partial charge < -0.3 is 15.2 Å². The number of ether oxygens (including phenoxy) is 1. The Morgan fingerprint density at radius 3 is 2.77 bits per heavy atom. The van der Waals surface area contributed by atoms with Gasteiger partial charge in [-0.3, -0.25) is 14.4 Å². The predicted octanol–water partition coefficient (Wildman–Crippen LogP) is 4.81. The quantitative estimate of drug-likeness (QED) is 0.438. The highest BCUT2D eigenvalue weighted by molar-refractivity contribution is 6.32. The van der Waals surface area contributed by atoms with Gasteiger partial charge in [-0.05, 0) is 86.3 Å². The molecular weight excluding hydrogens is 514 g/mol. The van der Waals surface area contributed by atoms with E-state index in [1.54, 1.807) is 6.20 Å². The molecule has 3 aromatic rings. The van der Waals surface area contributed by atoms with Crippen molar-refractivity contribution >= 4 is 34.1 Å². The van der Waals surface area contributed by atoms with E-state index in [0.29, 0.717) is 30.9 Å². The third-order valence-corrected chi connectivity index (χ3v) is 9.26. The van der Waals surface area contributed by atoms with Crippen molar-refractivity contribution < 1.29 is 14.6 Å². The standard InChI is InChI=1S/C30H38ClN5O3/c1-18(2)15-36-26(4-7-33-36)23-13-24(23)29(38)34-28-12-20-10-22(25(31)11-21(20)14-32-28)19-5-8-35(9-6-19)30(3)17-39-16-27(30)37/h4,7,10-12,14,18-19,23-24,27,37H,5-6,8-9,13,15-17H2,1-3H3,(H,32,34,38)/t23-,24-,27+,30-/m1/s1. The average molecular weight is 552 g/mol. The van der Waals surface area contributed by atoms with Crippen LogP contribution in [0.4, 0.5) is 5.82 Å². The minimum Gasteiger partial charge on any atom is -0.389 e. The van der Waals surface area contributed by atoms with Gasteiger partial charge in [-0.1, -0.05) is 25.4 Å². The number of likely N-dealkylation sites (tertiary alicyclic amines) is 1. The molecule has 1 amide bonds. The highest BCUT2D eigenvalue weighted by Crippen LogP contribution is 2.48. The first kappa shape index (κ1) is 26.7. The normalized spacial score (nSPS) is 27.9. The number of aliphatic hydroxyl groups is 1. The molecule has 9 heteroatoms. The van der Waals surface area contributed by atoms with E-state index in [4.69, 9.17) is 16.3 Å². The molecule has 0 radical (unpaired) electrons. The van der Waals surface area contributed by atoms with Gasteiger partial charge in [-0.15, -0.1) is 0 Å². The van der Waals surface area contributed by atoms with Crippen LogP contribution in [0.3, 0.4) is 0 Å². The molecule has 0 unspecified atom stereocenters. The Morgan fingerprint density at radius 1 is 1.26 bits per heavy atom. The fourth-order valence-corrected chi connectivity index (χ4v) is 6.73. The van der Waals surface area contributed by atoms with Crippen LogP contribution in [0.1, 0.15) is 63.1 Å². The maximum absolute atomic E-state index is 13.1. The first-order valence-electron chi connectivity index (χ1n) is 14.2. The lowest BCUT2D eigenvalue weighted by atomic mass is 9.85. The van der Waals surface area contributed by atoms with Gasteiger partial charge in [0.25, 0.3) is 0 Å². The lowest BCUT2D eigenvalue weighted by Crippen LogP contribution is -2.56. The minimum atomic E-state index is -0.451. The van der Waals surface area contributed by atoms with Gasteiger partial charge in [0.05, 0.1) is 24.9 Å². The molecule has 0 spiro atoms. The highest BCUT2D eigenvalue weighted by atomic mass is 35.5. The van der Waals surface area contributed by atoms with Crippen molar-refractivity contribution in [2.45, 2.75) is 70.1 Å². The predicted molar refractivity (Wildman–Crippen MR) is 152 cm³/mol. The summed E-state index contributed by atoms with van der Waals surface area (Å²) in [7, 11) is 0. The van der Waals surface area contributed by atoms with Crippen molar-refractivity contribution in [2.75, 3.05) is 31.6 Å². The number of carbonyl (C=O) groups is 1. The number of rotatable bonds is 7. The van der Waals surface area contributed by atoms with Gasteiger partial charge in [0.2, 0.25) is 5.91 Å². The number of halogens is 1. The number of nitrogens with one attached hydrogen (secondary N) is 1. The van der Waals surface area contributed by atoms with Crippen LogP contribution in [-0.4, -0.2) is 68.6 Å². The molecule has 1 aliphatic carbocycles. The third kappa shape index (κ3) is 5.20. The monoisotopic (exact) mass is 551 g/mol. The lowest BCUT2D eigenvalue weighted by molar-refractivity contribution is -0.117. The number of piperidine rings is 1. The molecule has 39 heavy (non-hydrogen) atoms. The molecule has 2 aromatic heterocycles. The largest absolute Gasteiger partial charge is 0.389 e. The number of hydrogen-bond donors (Lipinski definition) is 2. The number of pyridine rings is 1. The Bertz CT molecular complexity index is 1370. The van der Waals surface area contributed by atoms with Crippen LogP contribution in [0.25, 0.3) is 10.8 Å². The molecule has 8 nitrogen and oxygen atoms in total. The molecule has 6 rings (SSSR count). The van der Waals surface area contributed by atoms with E-state index in [1.165, 1.54) is 0 Å². The zero-order valence-corrected chi connectivity index (χ0v) is 23.7. The van der Waals surface area contributed by atoms with Crippen LogP contribution in [0.15, 0.2) is 36.7 Å². The van der Waals surface area contributed by atoms with Crippen LogP contribution in [-0.2, 0) is 16.1 Å². The molecule has 4 heterocycles. The fraction of sp³-hybridized carbons (Fsp3) is 0.567. The van der Waals surface area contributed by atoms with Crippen LogP contribution in [0.2, 0.25) is 5.02 Å². The number of aliphatic hydroxyl groups excluding tert-OH is 1. The molecule has 1 aromatic carbocycles. The Balaban J connectivity index is 1.13. The third-order valence-electron chi connectivity index (χ3n) is 8.93. The summed E-state index contributed by atoms with van der Waals surface area (Å²) < 4.78 is 7.59. The zero-order chi connectivity index (χ0) is 27.3. The molecule has 3 aliphatic rings. The molecule has 208 valence electrons. The molecule has 2 aliphatic heterocycles. The van der Waals surface area contributed by atoms with Crippen molar-refractivity contribution in [1.29, 1.82) is 0 Å².